The molecule has 0 fully saturated rings. The molecule has 0 aliphatic carbocycles. The van der Waals surface area contributed by atoms with E-state index in [1.807, 2.05) is 30.7 Å². The van der Waals surface area contributed by atoms with Crippen molar-refractivity contribution in [2.24, 2.45) is 4.99 Å². The van der Waals surface area contributed by atoms with Gasteiger partial charge in [-0.3, -0.25) is 14.5 Å². The van der Waals surface area contributed by atoms with Gasteiger partial charge in [-0.15, -0.1) is 10.2 Å². The predicted octanol–water partition coefficient (Wildman–Crippen LogP) is 2.12. The highest BCUT2D eigenvalue weighted by molar-refractivity contribution is 5.99. The Balaban J connectivity index is 1.50. The molecule has 2 aliphatic rings. The summed E-state index contributed by atoms with van der Waals surface area (Å²) in [6.07, 6.45) is -0.0754. The third kappa shape index (κ3) is 2.41. The van der Waals surface area contributed by atoms with Crippen molar-refractivity contribution in [3.05, 3.63) is 71.8 Å². The number of rotatable bonds is 2. The fourth-order valence-electron chi connectivity index (χ4n) is 4.32. The number of aryl methyl sites for hydroxylation is 2. The maximum Gasteiger partial charge on any atom is 0.217 e. The van der Waals surface area contributed by atoms with E-state index in [1.165, 1.54) is 0 Å². The van der Waals surface area contributed by atoms with Crippen LogP contribution in [0.1, 0.15) is 23.4 Å². The molecule has 0 radical (unpaired) electrons. The van der Waals surface area contributed by atoms with Gasteiger partial charge >= 0.3 is 0 Å². The van der Waals surface area contributed by atoms with Gasteiger partial charge in [-0.2, -0.15) is 0 Å². The van der Waals surface area contributed by atoms with Crippen LogP contribution >= 0.6 is 0 Å². The highest BCUT2D eigenvalue weighted by Crippen LogP contribution is 2.33. The molecule has 0 saturated carbocycles. The van der Waals surface area contributed by atoms with Crippen LogP contribution in [0.15, 0.2) is 59.6 Å². The second-order valence-corrected chi connectivity index (χ2v) is 7.53. The molecule has 0 amide bonds. The lowest BCUT2D eigenvalue weighted by Crippen LogP contribution is -2.59. The molecular formula is C21H21N9. The third-order valence-corrected chi connectivity index (χ3v) is 5.64. The Labute approximate surface area is 173 Å². The van der Waals surface area contributed by atoms with Crippen LogP contribution in [0.5, 0.6) is 0 Å². The first-order chi connectivity index (χ1) is 14.7. The van der Waals surface area contributed by atoms with Gasteiger partial charge in [0.25, 0.3) is 0 Å². The van der Waals surface area contributed by atoms with E-state index in [2.05, 4.69) is 72.5 Å². The van der Waals surface area contributed by atoms with E-state index in [-0.39, 0.29) is 6.17 Å². The maximum atomic E-state index is 4.97. The molecule has 9 nitrogen and oxygen atoms in total. The number of imidazole rings is 1. The summed E-state index contributed by atoms with van der Waals surface area (Å²) in [4.78, 5) is 11.9. The van der Waals surface area contributed by atoms with Gasteiger partial charge in [0, 0.05) is 0 Å². The Morgan fingerprint density at radius 3 is 2.47 bits per heavy atom. The average molecular weight is 399 g/mol. The lowest BCUT2D eigenvalue weighted by Gasteiger charge is -2.42. The maximum absolute atomic E-state index is 4.97. The second-order valence-electron chi connectivity index (χ2n) is 7.53. The van der Waals surface area contributed by atoms with Crippen molar-refractivity contribution in [3.8, 4) is 0 Å². The fraction of sp³-hybridized carbons (Fsp3) is 0.238. The number of benzene rings is 2. The molecule has 0 bridgehead atoms. The summed E-state index contributed by atoms with van der Waals surface area (Å²) in [5.74, 6) is 3.38. The standard InChI is InChI=1S/C21H21N9/c1-14-25-26-15(2)30(14)27-12-22-20-24-19(16-8-4-3-5-9-16)29-18-11-7-6-10-17(18)23-21(29)28(20)13-27/h3-11,19H,12-13H2,1-2H3,(H,22,24)/t19-/m0/s1. The molecule has 0 spiro atoms. The van der Waals surface area contributed by atoms with E-state index in [4.69, 9.17) is 9.98 Å². The molecule has 1 N–H and O–H groups in total. The largest absolute Gasteiger partial charge is 0.331 e. The highest BCUT2D eigenvalue weighted by atomic mass is 15.7. The Bertz CT molecular complexity index is 1250. The van der Waals surface area contributed by atoms with Crippen molar-refractivity contribution in [1.82, 2.24) is 29.7 Å². The van der Waals surface area contributed by atoms with Crippen LogP contribution in [-0.2, 0) is 0 Å². The molecule has 4 aromatic rings. The van der Waals surface area contributed by atoms with E-state index in [9.17, 15) is 0 Å². The Hall–Kier alpha value is -3.88. The van der Waals surface area contributed by atoms with E-state index < -0.39 is 0 Å². The van der Waals surface area contributed by atoms with Gasteiger partial charge < -0.3 is 5.32 Å². The van der Waals surface area contributed by atoms with Crippen LogP contribution < -0.4 is 15.2 Å². The molecule has 2 aromatic heterocycles. The van der Waals surface area contributed by atoms with Crippen molar-refractivity contribution in [1.29, 1.82) is 0 Å². The molecule has 2 aliphatic heterocycles. The zero-order chi connectivity index (χ0) is 20.2. The summed E-state index contributed by atoms with van der Waals surface area (Å²) >= 11 is 0. The SMILES string of the molecule is Cc1nnc(C)n1N1CN=C2N[C@H](c3ccccc3)n3c(nc4ccccc43)N2C1. The number of aromatic nitrogens is 5. The zero-order valence-electron chi connectivity index (χ0n) is 16.8. The summed E-state index contributed by atoms with van der Waals surface area (Å²) in [6, 6.07) is 18.6. The first-order valence-electron chi connectivity index (χ1n) is 9.95. The molecule has 0 saturated heterocycles. The number of hydrogen-bond donors (Lipinski definition) is 1. The van der Waals surface area contributed by atoms with Gasteiger partial charge in [-0.1, -0.05) is 42.5 Å². The Morgan fingerprint density at radius 1 is 0.933 bits per heavy atom. The minimum atomic E-state index is -0.0754. The van der Waals surface area contributed by atoms with Gasteiger partial charge in [0.2, 0.25) is 11.9 Å². The van der Waals surface area contributed by atoms with Crippen LogP contribution in [0.4, 0.5) is 5.95 Å². The molecule has 1 atom stereocenters. The van der Waals surface area contributed by atoms with Crippen LogP contribution in [-0.4, -0.2) is 43.7 Å². The van der Waals surface area contributed by atoms with Gasteiger partial charge in [-0.05, 0) is 31.5 Å². The van der Waals surface area contributed by atoms with Crippen LogP contribution in [0.2, 0.25) is 0 Å². The van der Waals surface area contributed by atoms with E-state index in [0.717, 1.165) is 40.2 Å². The molecule has 2 aromatic carbocycles. The quantitative estimate of drug-likeness (QED) is 0.556. The monoisotopic (exact) mass is 399 g/mol. The van der Waals surface area contributed by atoms with Crippen LogP contribution in [0.3, 0.4) is 0 Å². The first kappa shape index (κ1) is 17.0. The average Bonchev–Trinajstić information content (AvgIpc) is 3.33. The number of anilines is 1. The minimum Gasteiger partial charge on any atom is -0.331 e. The zero-order valence-corrected chi connectivity index (χ0v) is 16.8. The van der Waals surface area contributed by atoms with Gasteiger partial charge in [0.05, 0.1) is 11.0 Å². The van der Waals surface area contributed by atoms with Crippen LogP contribution in [0.25, 0.3) is 11.0 Å². The highest BCUT2D eigenvalue weighted by Gasteiger charge is 2.36. The lowest BCUT2D eigenvalue weighted by atomic mass is 10.1. The Morgan fingerprint density at radius 2 is 1.67 bits per heavy atom. The minimum absolute atomic E-state index is 0.0754. The van der Waals surface area contributed by atoms with Gasteiger partial charge in [-0.25, -0.2) is 14.7 Å². The topological polar surface area (TPSA) is 79.4 Å². The molecule has 0 unspecified atom stereocenters. The molecular weight excluding hydrogens is 378 g/mol. The van der Waals surface area contributed by atoms with Crippen molar-refractivity contribution >= 4 is 22.9 Å². The van der Waals surface area contributed by atoms with Crippen molar-refractivity contribution in [2.45, 2.75) is 20.0 Å². The number of para-hydroxylation sites is 2. The smallest absolute Gasteiger partial charge is 0.217 e. The number of fused-ring (bicyclic) bond motifs is 5. The summed E-state index contributed by atoms with van der Waals surface area (Å²) in [7, 11) is 0. The molecule has 9 heteroatoms. The fourth-order valence-corrected chi connectivity index (χ4v) is 4.32. The summed E-state index contributed by atoms with van der Waals surface area (Å²) in [5, 5.41) is 14.1. The first-order valence-corrected chi connectivity index (χ1v) is 9.95. The lowest BCUT2D eigenvalue weighted by molar-refractivity contribution is 0.488. The predicted molar refractivity (Wildman–Crippen MR) is 115 cm³/mol. The molecule has 150 valence electrons. The van der Waals surface area contributed by atoms with Gasteiger partial charge in [0.1, 0.15) is 31.2 Å². The molecule has 6 rings (SSSR count). The molecule has 4 heterocycles. The summed E-state index contributed by atoms with van der Waals surface area (Å²) in [5.41, 5.74) is 3.21. The number of hydrogen-bond acceptors (Lipinski definition) is 7. The van der Waals surface area contributed by atoms with Gasteiger partial charge in [0.15, 0.2) is 0 Å². The Kier molecular flexibility index (Phi) is 3.58. The van der Waals surface area contributed by atoms with E-state index >= 15 is 0 Å². The summed E-state index contributed by atoms with van der Waals surface area (Å²) < 4.78 is 4.26. The van der Waals surface area contributed by atoms with Crippen molar-refractivity contribution in [2.75, 3.05) is 23.2 Å². The summed E-state index contributed by atoms with van der Waals surface area (Å²) in [6.45, 7) is 5.01. The van der Waals surface area contributed by atoms with E-state index in [0.29, 0.717) is 13.3 Å². The number of nitrogens with one attached hydrogen (secondary N) is 1. The van der Waals surface area contributed by atoms with E-state index in [1.54, 1.807) is 0 Å². The van der Waals surface area contributed by atoms with Crippen LogP contribution in [0, 0.1) is 13.8 Å². The molecule has 30 heavy (non-hydrogen) atoms. The normalized spacial score (nSPS) is 18.1. The van der Waals surface area contributed by atoms with Crippen molar-refractivity contribution < 1.29 is 0 Å². The number of nitrogens with zero attached hydrogens (tertiary/aromatic N) is 8. The number of aliphatic imine (C=N–C) groups is 1. The number of guanidine groups is 1. The van der Waals surface area contributed by atoms with Crippen molar-refractivity contribution in [3.63, 3.8) is 0 Å². The second kappa shape index (κ2) is 6.31. The third-order valence-electron chi connectivity index (χ3n) is 5.64.